The number of hydrogen-bond donors (Lipinski definition) is 1. The lowest BCUT2D eigenvalue weighted by Crippen LogP contribution is -2.29. The molecule has 0 saturated carbocycles. The number of aryl methyl sites for hydroxylation is 1. The average molecular weight is 228 g/mol. The maximum Gasteiger partial charge on any atom is 0.251 e. The van der Waals surface area contributed by atoms with E-state index in [1.807, 2.05) is 31.2 Å². The van der Waals surface area contributed by atoms with Crippen LogP contribution in [0.15, 0.2) is 24.3 Å². The quantitative estimate of drug-likeness (QED) is 0.805. The highest BCUT2D eigenvalue weighted by Gasteiger charge is 2.06. The fourth-order valence-electron chi connectivity index (χ4n) is 1.39. The van der Waals surface area contributed by atoms with Crippen molar-refractivity contribution >= 4 is 5.69 Å². The maximum absolute atomic E-state index is 12.0. The molecular formula is C12H18F2N2. The Labute approximate surface area is 95.3 Å². The van der Waals surface area contributed by atoms with E-state index >= 15 is 0 Å². The van der Waals surface area contributed by atoms with Crippen molar-refractivity contribution in [2.24, 2.45) is 0 Å². The Kier molecular flexibility index (Phi) is 5.19. The molecule has 1 aromatic carbocycles. The molecule has 0 unspecified atom stereocenters. The number of likely N-dealkylation sites (N-methyl/N-ethyl adjacent to an activating group) is 1. The van der Waals surface area contributed by atoms with Gasteiger partial charge >= 0.3 is 0 Å². The summed E-state index contributed by atoms with van der Waals surface area (Å²) >= 11 is 0. The molecule has 0 atom stereocenters. The van der Waals surface area contributed by atoms with Crippen LogP contribution < -0.4 is 5.32 Å². The van der Waals surface area contributed by atoms with Crippen molar-refractivity contribution in [3.8, 4) is 0 Å². The Bertz CT molecular complexity index is 298. The number of nitrogens with one attached hydrogen (secondary N) is 1. The van der Waals surface area contributed by atoms with Gasteiger partial charge in [0.1, 0.15) is 0 Å². The van der Waals surface area contributed by atoms with Crippen molar-refractivity contribution in [2.45, 2.75) is 13.3 Å². The van der Waals surface area contributed by atoms with Crippen molar-refractivity contribution in [1.29, 1.82) is 0 Å². The molecule has 90 valence electrons. The highest BCUT2D eigenvalue weighted by molar-refractivity contribution is 5.44. The summed E-state index contributed by atoms with van der Waals surface area (Å²) < 4.78 is 24.0. The molecule has 1 aromatic rings. The smallest absolute Gasteiger partial charge is 0.251 e. The van der Waals surface area contributed by atoms with Crippen LogP contribution in [0.3, 0.4) is 0 Å². The van der Waals surface area contributed by atoms with Crippen molar-refractivity contribution in [1.82, 2.24) is 4.90 Å². The van der Waals surface area contributed by atoms with Gasteiger partial charge in [0.25, 0.3) is 6.43 Å². The number of nitrogens with zero attached hydrogens (tertiary/aromatic N) is 1. The van der Waals surface area contributed by atoms with Gasteiger partial charge in [-0.05, 0) is 26.1 Å². The molecule has 0 aromatic heterocycles. The van der Waals surface area contributed by atoms with Crippen LogP contribution in [0.25, 0.3) is 0 Å². The normalized spacial score (nSPS) is 11.1. The summed E-state index contributed by atoms with van der Waals surface area (Å²) in [6.45, 7) is 3.14. The van der Waals surface area contributed by atoms with Crippen LogP contribution in [-0.4, -0.2) is 38.0 Å². The molecule has 0 saturated heterocycles. The Morgan fingerprint density at radius 2 is 1.88 bits per heavy atom. The zero-order chi connectivity index (χ0) is 12.0. The molecule has 0 aliphatic carbocycles. The first-order valence-corrected chi connectivity index (χ1v) is 5.35. The summed E-state index contributed by atoms with van der Waals surface area (Å²) in [5.74, 6) is 0. The first kappa shape index (κ1) is 12.9. The van der Waals surface area contributed by atoms with Gasteiger partial charge < -0.3 is 5.32 Å². The summed E-state index contributed by atoms with van der Waals surface area (Å²) in [6, 6.07) is 8.02. The summed E-state index contributed by atoms with van der Waals surface area (Å²) in [4.78, 5) is 1.62. The summed E-state index contributed by atoms with van der Waals surface area (Å²) in [7, 11) is 1.70. The van der Waals surface area contributed by atoms with Gasteiger partial charge in [0.15, 0.2) is 0 Å². The second-order valence-corrected chi connectivity index (χ2v) is 3.95. The molecule has 0 amide bonds. The summed E-state index contributed by atoms with van der Waals surface area (Å²) in [5, 5.41) is 3.19. The maximum atomic E-state index is 12.0. The van der Waals surface area contributed by atoms with Crippen LogP contribution in [0.5, 0.6) is 0 Å². The van der Waals surface area contributed by atoms with E-state index in [1.165, 1.54) is 5.56 Å². The Hall–Kier alpha value is -1.16. The van der Waals surface area contributed by atoms with Gasteiger partial charge in [0.05, 0.1) is 6.54 Å². The zero-order valence-corrected chi connectivity index (χ0v) is 9.71. The lowest BCUT2D eigenvalue weighted by Gasteiger charge is -2.16. The summed E-state index contributed by atoms with van der Waals surface area (Å²) in [5.41, 5.74) is 2.23. The number of hydrogen-bond acceptors (Lipinski definition) is 2. The predicted molar refractivity (Wildman–Crippen MR) is 63.2 cm³/mol. The topological polar surface area (TPSA) is 15.3 Å². The van der Waals surface area contributed by atoms with E-state index in [9.17, 15) is 8.78 Å². The lowest BCUT2D eigenvalue weighted by atomic mass is 10.2. The van der Waals surface area contributed by atoms with E-state index in [-0.39, 0.29) is 6.54 Å². The fraction of sp³-hybridized carbons (Fsp3) is 0.500. The van der Waals surface area contributed by atoms with E-state index in [1.54, 1.807) is 11.9 Å². The third kappa shape index (κ3) is 5.07. The van der Waals surface area contributed by atoms with E-state index in [2.05, 4.69) is 5.32 Å². The van der Waals surface area contributed by atoms with Gasteiger partial charge in [-0.1, -0.05) is 17.7 Å². The number of halogens is 2. The lowest BCUT2D eigenvalue weighted by molar-refractivity contribution is 0.102. The molecular weight excluding hydrogens is 210 g/mol. The van der Waals surface area contributed by atoms with Gasteiger partial charge in [-0.2, -0.15) is 0 Å². The van der Waals surface area contributed by atoms with Crippen molar-refractivity contribution < 1.29 is 8.78 Å². The van der Waals surface area contributed by atoms with Gasteiger partial charge in [0.2, 0.25) is 0 Å². The van der Waals surface area contributed by atoms with E-state index < -0.39 is 6.43 Å². The molecule has 0 aliphatic heterocycles. The molecule has 2 nitrogen and oxygen atoms in total. The van der Waals surface area contributed by atoms with Gasteiger partial charge in [-0.25, -0.2) is 8.78 Å². The highest BCUT2D eigenvalue weighted by atomic mass is 19.3. The minimum absolute atomic E-state index is 0.171. The van der Waals surface area contributed by atoms with Crippen LogP contribution in [0, 0.1) is 6.92 Å². The van der Waals surface area contributed by atoms with Crippen molar-refractivity contribution in [3.63, 3.8) is 0 Å². The van der Waals surface area contributed by atoms with Crippen LogP contribution >= 0.6 is 0 Å². The number of alkyl halides is 2. The first-order chi connectivity index (χ1) is 7.58. The van der Waals surface area contributed by atoms with Gasteiger partial charge in [0, 0.05) is 18.8 Å². The molecule has 0 fully saturated rings. The number of rotatable bonds is 6. The third-order valence-electron chi connectivity index (χ3n) is 2.32. The first-order valence-electron chi connectivity index (χ1n) is 5.35. The zero-order valence-electron chi connectivity index (χ0n) is 9.71. The molecule has 1 N–H and O–H groups in total. The summed E-state index contributed by atoms with van der Waals surface area (Å²) in [6.07, 6.45) is -2.26. The van der Waals surface area contributed by atoms with Gasteiger partial charge in [-0.3, -0.25) is 4.90 Å². The second-order valence-electron chi connectivity index (χ2n) is 3.95. The molecule has 4 heteroatoms. The Balaban J connectivity index is 2.22. The monoisotopic (exact) mass is 228 g/mol. The molecule has 0 spiro atoms. The minimum Gasteiger partial charge on any atom is -0.384 e. The number of anilines is 1. The van der Waals surface area contributed by atoms with Crippen LogP contribution in [0.2, 0.25) is 0 Å². The van der Waals surface area contributed by atoms with E-state index in [0.717, 1.165) is 5.69 Å². The van der Waals surface area contributed by atoms with Crippen molar-refractivity contribution in [3.05, 3.63) is 29.8 Å². The third-order valence-corrected chi connectivity index (χ3v) is 2.32. The second kappa shape index (κ2) is 6.43. The fourth-order valence-corrected chi connectivity index (χ4v) is 1.39. The number of benzene rings is 1. The highest BCUT2D eigenvalue weighted by Crippen LogP contribution is 2.07. The standard InChI is InChI=1S/C12H18F2N2/c1-10-3-5-11(6-4-10)15-7-8-16(2)9-12(13)14/h3-6,12,15H,7-9H2,1-2H3. The molecule has 0 bridgehead atoms. The average Bonchev–Trinajstić information content (AvgIpc) is 2.20. The molecule has 16 heavy (non-hydrogen) atoms. The Morgan fingerprint density at radius 1 is 1.25 bits per heavy atom. The van der Waals surface area contributed by atoms with Crippen LogP contribution in [0.4, 0.5) is 14.5 Å². The van der Waals surface area contributed by atoms with E-state index in [0.29, 0.717) is 13.1 Å². The van der Waals surface area contributed by atoms with Gasteiger partial charge in [-0.15, -0.1) is 0 Å². The SMILES string of the molecule is Cc1ccc(NCCN(C)CC(F)F)cc1. The van der Waals surface area contributed by atoms with Crippen molar-refractivity contribution in [2.75, 3.05) is 32.0 Å². The minimum atomic E-state index is -2.26. The Morgan fingerprint density at radius 3 is 2.44 bits per heavy atom. The van der Waals surface area contributed by atoms with Crippen LogP contribution in [0.1, 0.15) is 5.56 Å². The molecule has 0 aliphatic rings. The molecule has 1 rings (SSSR count). The van der Waals surface area contributed by atoms with E-state index in [4.69, 9.17) is 0 Å². The predicted octanol–water partition coefficient (Wildman–Crippen LogP) is 2.60. The largest absolute Gasteiger partial charge is 0.384 e. The molecule has 0 radical (unpaired) electrons. The molecule has 0 heterocycles. The van der Waals surface area contributed by atoms with Crippen LogP contribution in [-0.2, 0) is 0 Å².